The lowest BCUT2D eigenvalue weighted by atomic mass is 9.68. The molecule has 0 amide bonds. The van der Waals surface area contributed by atoms with Gasteiger partial charge in [0.15, 0.2) is 0 Å². The molecule has 1 saturated carbocycles. The maximum Gasteiger partial charge on any atom is 0.335 e. The molecule has 0 atom stereocenters. The summed E-state index contributed by atoms with van der Waals surface area (Å²) in [6.07, 6.45) is 8.27. The molecule has 2 aliphatic carbocycles. The molecule has 0 heterocycles. The van der Waals surface area contributed by atoms with E-state index in [0.29, 0.717) is 0 Å². The van der Waals surface area contributed by atoms with Gasteiger partial charge < -0.3 is 4.84 Å². The normalized spacial score (nSPS) is 24.1. The van der Waals surface area contributed by atoms with E-state index in [0.717, 1.165) is 35.8 Å². The highest BCUT2D eigenvalue weighted by molar-refractivity contribution is 9.10. The van der Waals surface area contributed by atoms with Crippen molar-refractivity contribution in [3.8, 4) is 0 Å². The molecule has 2 aromatic carbocycles. The Morgan fingerprint density at radius 1 is 1.12 bits per heavy atom. The van der Waals surface area contributed by atoms with Crippen LogP contribution in [0.5, 0.6) is 0 Å². The lowest BCUT2D eigenvalue weighted by Gasteiger charge is -2.36. The Hall–Kier alpha value is -2.07. The number of fused-ring (bicyclic) bond motifs is 2. The van der Waals surface area contributed by atoms with Gasteiger partial charge in [-0.1, -0.05) is 58.4 Å². The van der Waals surface area contributed by atoms with Gasteiger partial charge in [0.1, 0.15) is 0 Å². The predicted molar refractivity (Wildman–Crippen MR) is 103 cm³/mol. The van der Waals surface area contributed by atoms with Crippen molar-refractivity contribution in [1.29, 1.82) is 0 Å². The van der Waals surface area contributed by atoms with E-state index < -0.39 is 0 Å². The summed E-state index contributed by atoms with van der Waals surface area (Å²) in [5.74, 6) is -0.198. The number of carbonyl (C=O) groups excluding carboxylic acids is 1. The molecule has 0 unspecified atom stereocenters. The highest BCUT2D eigenvalue weighted by Gasteiger charge is 2.40. The molecule has 0 bridgehead atoms. The van der Waals surface area contributed by atoms with Gasteiger partial charge in [-0.05, 0) is 55.0 Å². The standard InChI is InChI=1S/C21H20BrNO2/c22-17-5-3-6-18(14-17)23-25-20(24)16-9-12-21(13-10-16)11-8-15-4-1-2-7-19(15)21/h1-8,11,14,16,23H,9-10,12-13H2. The van der Waals surface area contributed by atoms with Gasteiger partial charge in [-0.25, -0.2) is 10.3 Å². The lowest BCUT2D eigenvalue weighted by molar-refractivity contribution is -0.146. The van der Waals surface area contributed by atoms with E-state index in [4.69, 9.17) is 4.84 Å². The maximum absolute atomic E-state index is 12.4. The van der Waals surface area contributed by atoms with Crippen LogP contribution in [-0.2, 0) is 15.0 Å². The second kappa shape index (κ2) is 6.68. The summed E-state index contributed by atoms with van der Waals surface area (Å²) in [6.45, 7) is 0. The Balaban J connectivity index is 1.36. The van der Waals surface area contributed by atoms with Gasteiger partial charge in [-0.2, -0.15) is 0 Å². The Bertz CT molecular complexity index is 822. The highest BCUT2D eigenvalue weighted by atomic mass is 79.9. The quantitative estimate of drug-likeness (QED) is 0.697. The van der Waals surface area contributed by atoms with Crippen molar-refractivity contribution < 1.29 is 9.63 Å². The van der Waals surface area contributed by atoms with Crippen LogP contribution in [0.2, 0.25) is 0 Å². The van der Waals surface area contributed by atoms with E-state index in [1.165, 1.54) is 11.1 Å². The number of rotatable bonds is 3. The molecule has 4 heteroatoms. The second-order valence-electron chi connectivity index (χ2n) is 6.88. The van der Waals surface area contributed by atoms with E-state index in [-0.39, 0.29) is 17.3 Å². The number of nitrogens with one attached hydrogen (secondary N) is 1. The third kappa shape index (κ3) is 3.23. The molecule has 4 rings (SSSR count). The van der Waals surface area contributed by atoms with Crippen LogP contribution in [0.4, 0.5) is 5.69 Å². The number of benzene rings is 2. The molecule has 1 spiro atoms. The van der Waals surface area contributed by atoms with Crippen LogP contribution in [0.3, 0.4) is 0 Å². The van der Waals surface area contributed by atoms with Gasteiger partial charge in [0.25, 0.3) is 0 Å². The summed E-state index contributed by atoms with van der Waals surface area (Å²) in [5.41, 5.74) is 6.38. The maximum atomic E-state index is 12.4. The van der Waals surface area contributed by atoms with E-state index in [9.17, 15) is 4.79 Å². The van der Waals surface area contributed by atoms with E-state index >= 15 is 0 Å². The molecule has 2 aromatic rings. The fourth-order valence-corrected chi connectivity index (χ4v) is 4.38. The first kappa shape index (κ1) is 16.4. The van der Waals surface area contributed by atoms with Crippen molar-refractivity contribution in [2.24, 2.45) is 5.92 Å². The number of anilines is 1. The molecule has 128 valence electrons. The lowest BCUT2D eigenvalue weighted by Crippen LogP contribution is -2.32. The van der Waals surface area contributed by atoms with Crippen molar-refractivity contribution in [3.63, 3.8) is 0 Å². The fourth-order valence-electron chi connectivity index (χ4n) is 3.98. The van der Waals surface area contributed by atoms with Crippen molar-refractivity contribution in [2.45, 2.75) is 31.1 Å². The molecule has 0 aliphatic heterocycles. The van der Waals surface area contributed by atoms with Gasteiger partial charge in [-0.3, -0.25) is 0 Å². The Morgan fingerprint density at radius 2 is 1.92 bits per heavy atom. The van der Waals surface area contributed by atoms with Gasteiger partial charge >= 0.3 is 5.97 Å². The number of carbonyl (C=O) groups is 1. The zero-order valence-electron chi connectivity index (χ0n) is 13.9. The summed E-state index contributed by atoms with van der Waals surface area (Å²) in [5, 5.41) is 0. The monoisotopic (exact) mass is 397 g/mol. The molecule has 2 aliphatic rings. The van der Waals surface area contributed by atoms with Crippen LogP contribution in [0, 0.1) is 5.92 Å². The molecule has 25 heavy (non-hydrogen) atoms. The van der Waals surface area contributed by atoms with Crippen molar-refractivity contribution in [1.82, 2.24) is 0 Å². The predicted octanol–water partition coefficient (Wildman–Crippen LogP) is 5.47. The van der Waals surface area contributed by atoms with Crippen molar-refractivity contribution in [2.75, 3.05) is 5.48 Å². The van der Waals surface area contributed by atoms with Crippen molar-refractivity contribution >= 4 is 33.7 Å². The number of halogens is 1. The summed E-state index contributed by atoms with van der Waals surface area (Å²) in [6, 6.07) is 16.2. The zero-order valence-corrected chi connectivity index (χ0v) is 15.5. The minimum Gasteiger partial charge on any atom is -0.343 e. The third-order valence-corrected chi connectivity index (χ3v) is 5.88. The van der Waals surface area contributed by atoms with Crippen LogP contribution < -0.4 is 5.48 Å². The summed E-state index contributed by atoms with van der Waals surface area (Å²) < 4.78 is 0.944. The molecule has 3 nitrogen and oxygen atoms in total. The Morgan fingerprint density at radius 3 is 2.72 bits per heavy atom. The molecular weight excluding hydrogens is 378 g/mol. The van der Waals surface area contributed by atoms with E-state index in [1.54, 1.807) is 0 Å². The van der Waals surface area contributed by atoms with Gasteiger partial charge in [0.05, 0.1) is 11.6 Å². The summed E-state index contributed by atoms with van der Waals surface area (Å²) in [7, 11) is 0. The van der Waals surface area contributed by atoms with E-state index in [2.05, 4.69) is 57.8 Å². The molecule has 1 N–H and O–H groups in total. The molecule has 0 saturated heterocycles. The fraction of sp³-hybridized carbons (Fsp3) is 0.286. The van der Waals surface area contributed by atoms with Crippen molar-refractivity contribution in [3.05, 3.63) is 70.2 Å². The zero-order chi connectivity index (χ0) is 17.3. The topological polar surface area (TPSA) is 38.3 Å². The summed E-state index contributed by atoms with van der Waals surface area (Å²) >= 11 is 3.41. The van der Waals surface area contributed by atoms with Crippen LogP contribution in [0.15, 0.2) is 59.1 Å². The first-order chi connectivity index (χ1) is 12.2. The highest BCUT2D eigenvalue weighted by Crippen LogP contribution is 2.47. The first-order valence-corrected chi connectivity index (χ1v) is 9.47. The van der Waals surface area contributed by atoms with Gasteiger partial charge in [0.2, 0.25) is 0 Å². The molecule has 1 fully saturated rings. The Kier molecular flexibility index (Phi) is 4.38. The average Bonchev–Trinajstić information content (AvgIpc) is 2.99. The van der Waals surface area contributed by atoms with E-state index in [1.807, 2.05) is 24.3 Å². The van der Waals surface area contributed by atoms with Gasteiger partial charge in [-0.15, -0.1) is 0 Å². The molecule has 0 aromatic heterocycles. The average molecular weight is 398 g/mol. The Labute approximate surface area is 156 Å². The molecular formula is C21H20BrNO2. The van der Waals surface area contributed by atoms with Crippen LogP contribution in [0.1, 0.15) is 36.8 Å². The largest absolute Gasteiger partial charge is 0.343 e. The third-order valence-electron chi connectivity index (χ3n) is 5.38. The van der Waals surface area contributed by atoms with Crippen LogP contribution >= 0.6 is 15.9 Å². The first-order valence-electron chi connectivity index (χ1n) is 8.67. The number of hydrogen-bond acceptors (Lipinski definition) is 3. The smallest absolute Gasteiger partial charge is 0.335 e. The van der Waals surface area contributed by atoms with Crippen LogP contribution in [-0.4, -0.2) is 5.97 Å². The number of hydrogen-bond donors (Lipinski definition) is 1. The van der Waals surface area contributed by atoms with Gasteiger partial charge in [0, 0.05) is 9.89 Å². The minimum absolute atomic E-state index is 0.0357. The SMILES string of the molecule is O=C(ONc1cccc(Br)c1)C1CCC2(C=Cc3ccccc32)CC1. The minimum atomic E-state index is -0.162. The second-order valence-corrected chi connectivity index (χ2v) is 7.80. The molecule has 0 radical (unpaired) electrons. The number of allylic oxidation sites excluding steroid dienone is 1. The summed E-state index contributed by atoms with van der Waals surface area (Å²) in [4.78, 5) is 17.7. The van der Waals surface area contributed by atoms with Crippen LogP contribution in [0.25, 0.3) is 6.08 Å².